The molecule has 0 saturated carbocycles. The van der Waals surface area contributed by atoms with Crippen molar-refractivity contribution in [3.8, 4) is 0 Å². The molecule has 0 aromatic heterocycles. The Balaban J connectivity index is 1.55. The Morgan fingerprint density at radius 1 is 1.12 bits per heavy atom. The predicted molar refractivity (Wildman–Crippen MR) is 130 cm³/mol. The van der Waals surface area contributed by atoms with Crippen molar-refractivity contribution in [2.45, 2.75) is 37.3 Å². The Morgan fingerprint density at radius 3 is 2.47 bits per heavy atom. The maximum atomic E-state index is 13.4. The number of aliphatic hydroxyl groups is 1. The Bertz CT molecular complexity index is 1340. The van der Waals surface area contributed by atoms with E-state index in [9.17, 15) is 22.7 Å². The highest BCUT2D eigenvalue weighted by Gasteiger charge is 2.28. The molecule has 0 spiro atoms. The first kappa shape index (κ1) is 24.2. The summed E-state index contributed by atoms with van der Waals surface area (Å²) >= 11 is 5.74. The molecule has 1 aliphatic heterocycles. The Labute approximate surface area is 202 Å². The van der Waals surface area contributed by atoms with Crippen LogP contribution in [0.25, 0.3) is 0 Å². The summed E-state index contributed by atoms with van der Waals surface area (Å²) in [5, 5.41) is 13.9. The quantitative estimate of drug-likeness (QED) is 0.375. The number of anilines is 2. The van der Waals surface area contributed by atoms with Crippen LogP contribution in [0.15, 0.2) is 65.6 Å². The number of benzene rings is 3. The van der Waals surface area contributed by atoms with Gasteiger partial charge in [-0.25, -0.2) is 12.8 Å². The largest absolute Gasteiger partial charge is 0.388 e. The molecule has 1 aliphatic rings. The van der Waals surface area contributed by atoms with Gasteiger partial charge in [0.05, 0.1) is 27.8 Å². The Hall–Kier alpha value is -2.94. The number of hydrogen-bond donors (Lipinski definition) is 3. The number of sulfonamides is 1. The molecule has 9 heteroatoms. The number of hydrogen-bond acceptors (Lipinski definition) is 5. The molecule has 178 valence electrons. The highest BCUT2D eigenvalue weighted by atomic mass is 35.5. The molecule has 0 saturated heterocycles. The molecule has 0 fully saturated rings. The second-order valence-corrected chi connectivity index (χ2v) is 10.7. The zero-order valence-corrected chi connectivity index (χ0v) is 20.1. The van der Waals surface area contributed by atoms with Crippen LogP contribution in [0.3, 0.4) is 0 Å². The van der Waals surface area contributed by atoms with Crippen LogP contribution in [0.2, 0.25) is 5.02 Å². The molecule has 3 aromatic carbocycles. The summed E-state index contributed by atoms with van der Waals surface area (Å²) in [4.78, 5) is 12.1. The normalized spacial score (nSPS) is 17.7. The van der Waals surface area contributed by atoms with E-state index < -0.39 is 21.9 Å². The zero-order valence-electron chi connectivity index (χ0n) is 18.5. The average molecular weight is 503 g/mol. The van der Waals surface area contributed by atoms with Gasteiger partial charge in [0, 0.05) is 29.2 Å². The van der Waals surface area contributed by atoms with Gasteiger partial charge in [-0.05, 0) is 42.0 Å². The first-order chi connectivity index (χ1) is 16.0. The second-order valence-electron chi connectivity index (χ2n) is 8.57. The molecule has 0 aliphatic carbocycles. The van der Waals surface area contributed by atoms with Crippen molar-refractivity contribution in [3.63, 3.8) is 0 Å². The first-order valence-electron chi connectivity index (χ1n) is 10.8. The number of nitrogens with one attached hydrogen (secondary N) is 2. The maximum Gasteiger partial charge on any atom is 0.261 e. The summed E-state index contributed by atoms with van der Waals surface area (Å²) in [7, 11) is -3.99. The third kappa shape index (κ3) is 4.94. The fourth-order valence-corrected chi connectivity index (χ4v) is 5.18. The predicted octanol–water partition coefficient (Wildman–Crippen LogP) is 5.71. The average Bonchev–Trinajstić information content (AvgIpc) is 2.80. The summed E-state index contributed by atoms with van der Waals surface area (Å²) in [6.07, 6.45) is -0.566. The van der Waals surface area contributed by atoms with E-state index in [0.717, 1.165) is 11.6 Å². The van der Waals surface area contributed by atoms with Gasteiger partial charge in [0.2, 0.25) is 0 Å². The van der Waals surface area contributed by atoms with Crippen molar-refractivity contribution in [1.29, 1.82) is 0 Å². The summed E-state index contributed by atoms with van der Waals surface area (Å²) in [5.41, 5.74) is 2.76. The summed E-state index contributed by atoms with van der Waals surface area (Å²) in [6.45, 7) is 3.70. The van der Waals surface area contributed by atoms with Crippen LogP contribution in [0, 0.1) is 11.7 Å². The number of halogens is 2. The molecule has 0 radical (unpaired) electrons. The lowest BCUT2D eigenvalue weighted by molar-refractivity contribution is 0.0939. The highest BCUT2D eigenvalue weighted by molar-refractivity contribution is 7.92. The van der Waals surface area contributed by atoms with Crippen molar-refractivity contribution in [2.75, 3.05) is 10.0 Å². The number of fused-ring (bicyclic) bond motifs is 1. The molecule has 1 heterocycles. The number of carbonyl (C=O) groups excluding carboxylic acids is 1. The van der Waals surface area contributed by atoms with Gasteiger partial charge >= 0.3 is 0 Å². The van der Waals surface area contributed by atoms with Crippen LogP contribution in [0.4, 0.5) is 15.8 Å². The van der Waals surface area contributed by atoms with Gasteiger partial charge < -0.3 is 10.4 Å². The smallest absolute Gasteiger partial charge is 0.261 e. The van der Waals surface area contributed by atoms with Gasteiger partial charge in [-0.2, -0.15) is 0 Å². The van der Waals surface area contributed by atoms with E-state index in [-0.39, 0.29) is 33.3 Å². The topological polar surface area (TPSA) is 95.5 Å². The molecule has 34 heavy (non-hydrogen) atoms. The maximum absolute atomic E-state index is 13.4. The fraction of sp³-hybridized carbons (Fsp3) is 0.240. The van der Waals surface area contributed by atoms with Gasteiger partial charge in [-0.15, -0.1) is 0 Å². The minimum atomic E-state index is -3.99. The van der Waals surface area contributed by atoms with Crippen LogP contribution in [0.1, 0.15) is 53.9 Å². The molecule has 3 N–H and O–H groups in total. The lowest BCUT2D eigenvalue weighted by Gasteiger charge is -2.31. The highest BCUT2D eigenvalue weighted by Crippen LogP contribution is 2.40. The van der Waals surface area contributed by atoms with E-state index in [4.69, 9.17) is 11.6 Å². The zero-order chi connectivity index (χ0) is 24.6. The summed E-state index contributed by atoms with van der Waals surface area (Å²) in [6, 6.07) is 15.1. The molecule has 2 atom stereocenters. The monoisotopic (exact) mass is 502 g/mol. The molecule has 6 nitrogen and oxygen atoms in total. The van der Waals surface area contributed by atoms with Gasteiger partial charge in [0.1, 0.15) is 5.82 Å². The van der Waals surface area contributed by atoms with Crippen LogP contribution in [0.5, 0.6) is 0 Å². The second kappa shape index (κ2) is 9.37. The van der Waals surface area contributed by atoms with E-state index >= 15 is 0 Å². The molecular weight excluding hydrogens is 479 g/mol. The SMILES string of the molecule is CC(C)C(=O)c1ccc(C2C[C@H](O)c3cc(S(=O)(=O)Nc4ccc(F)c(Cl)c4)ccc3N2)cc1. The third-order valence-electron chi connectivity index (χ3n) is 5.77. The lowest BCUT2D eigenvalue weighted by atomic mass is 9.90. The summed E-state index contributed by atoms with van der Waals surface area (Å²) in [5.74, 6) is -0.672. The standard InChI is InChI=1S/C25H24ClFN2O4S/c1-14(2)25(31)16-5-3-15(4-6-16)23-13-24(30)19-12-18(8-10-22(19)28-23)34(32,33)29-17-7-9-21(27)20(26)11-17/h3-12,14,23-24,28-30H,13H2,1-2H3/t23?,24-/m0/s1. The van der Waals surface area contributed by atoms with Gasteiger partial charge in [-0.1, -0.05) is 49.7 Å². The first-order valence-corrected chi connectivity index (χ1v) is 12.6. The number of ketones is 1. The number of rotatable bonds is 6. The van der Waals surface area contributed by atoms with Crippen molar-refractivity contribution < 1.29 is 22.7 Å². The van der Waals surface area contributed by atoms with E-state index in [1.807, 2.05) is 26.0 Å². The number of aliphatic hydroxyl groups excluding tert-OH is 1. The molecule has 4 rings (SSSR count). The van der Waals surface area contributed by atoms with Crippen LogP contribution in [-0.2, 0) is 10.0 Å². The minimum Gasteiger partial charge on any atom is -0.388 e. The molecule has 3 aromatic rings. The van der Waals surface area contributed by atoms with E-state index in [1.165, 1.54) is 24.3 Å². The van der Waals surface area contributed by atoms with Crippen LogP contribution >= 0.6 is 11.6 Å². The van der Waals surface area contributed by atoms with E-state index in [0.29, 0.717) is 23.2 Å². The van der Waals surface area contributed by atoms with Gasteiger partial charge in [0.15, 0.2) is 5.78 Å². The number of carbonyl (C=O) groups is 1. The van der Waals surface area contributed by atoms with Gasteiger partial charge in [0.25, 0.3) is 10.0 Å². The molecule has 1 unspecified atom stereocenters. The fourth-order valence-electron chi connectivity index (χ4n) is 3.92. The Morgan fingerprint density at radius 2 is 1.82 bits per heavy atom. The van der Waals surface area contributed by atoms with Crippen molar-refractivity contribution >= 4 is 38.8 Å². The minimum absolute atomic E-state index is 0.0393. The van der Waals surface area contributed by atoms with E-state index in [2.05, 4.69) is 10.0 Å². The van der Waals surface area contributed by atoms with Crippen molar-refractivity contribution in [1.82, 2.24) is 0 Å². The van der Waals surface area contributed by atoms with Crippen molar-refractivity contribution in [2.24, 2.45) is 5.92 Å². The third-order valence-corrected chi connectivity index (χ3v) is 7.44. The summed E-state index contributed by atoms with van der Waals surface area (Å²) < 4.78 is 41.4. The Kier molecular flexibility index (Phi) is 6.66. The van der Waals surface area contributed by atoms with Crippen LogP contribution < -0.4 is 10.0 Å². The number of Topliss-reactive ketones (excluding diaryl/α,β-unsaturated/α-hetero) is 1. The molecular formula is C25H24ClFN2O4S. The molecule has 0 amide bonds. The van der Waals surface area contributed by atoms with Crippen LogP contribution in [-0.4, -0.2) is 19.3 Å². The van der Waals surface area contributed by atoms with Gasteiger partial charge in [-0.3, -0.25) is 9.52 Å². The van der Waals surface area contributed by atoms with Crippen molar-refractivity contribution in [3.05, 3.63) is 88.2 Å². The lowest BCUT2D eigenvalue weighted by Crippen LogP contribution is -2.22. The van der Waals surface area contributed by atoms with E-state index in [1.54, 1.807) is 18.2 Å². The molecule has 0 bridgehead atoms.